The van der Waals surface area contributed by atoms with Gasteiger partial charge in [0, 0.05) is 12.6 Å². The van der Waals surface area contributed by atoms with Gasteiger partial charge in [0.15, 0.2) is 0 Å². The number of aromatic hydroxyl groups is 1. The second-order valence-corrected chi connectivity index (χ2v) is 7.28. The average molecular weight is 297 g/mol. The van der Waals surface area contributed by atoms with Crippen molar-refractivity contribution in [1.82, 2.24) is 4.31 Å². The highest BCUT2D eigenvalue weighted by atomic mass is 32.2. The van der Waals surface area contributed by atoms with Crippen molar-refractivity contribution in [3.63, 3.8) is 0 Å². The molecular weight excluding hydrogens is 282 g/mol. The van der Waals surface area contributed by atoms with Gasteiger partial charge in [-0.15, -0.1) is 0 Å². The van der Waals surface area contributed by atoms with Crippen molar-refractivity contribution in [3.05, 3.63) is 23.8 Å². The summed E-state index contributed by atoms with van der Waals surface area (Å²) in [6.07, 6.45) is 2.82. The maximum absolute atomic E-state index is 12.6. The standard InChI is InChI=1S/C13H15NO5S/c15-12-4-3-10(6-11(12)13(16)17)20(18,19)14-7-8-1-2-9(14)5-8/h3-4,6,8-9,15H,1-2,5,7H2,(H,16,17). The van der Waals surface area contributed by atoms with Gasteiger partial charge in [0.25, 0.3) is 0 Å². The third-order valence-corrected chi connectivity index (χ3v) is 6.08. The number of nitrogens with zero attached hydrogens (tertiary/aromatic N) is 1. The number of carboxylic acid groups (broad SMARTS) is 1. The van der Waals surface area contributed by atoms with Crippen LogP contribution in [0.3, 0.4) is 0 Å². The summed E-state index contributed by atoms with van der Waals surface area (Å²) < 4.78 is 26.6. The number of fused-ring (bicyclic) bond motifs is 2. The van der Waals surface area contributed by atoms with Gasteiger partial charge in [-0.25, -0.2) is 13.2 Å². The molecule has 1 heterocycles. The Balaban J connectivity index is 2.00. The molecule has 1 aromatic rings. The van der Waals surface area contributed by atoms with Crippen molar-refractivity contribution in [2.45, 2.75) is 30.2 Å². The van der Waals surface area contributed by atoms with E-state index in [1.807, 2.05) is 0 Å². The minimum absolute atomic E-state index is 0.0343. The Morgan fingerprint density at radius 3 is 2.60 bits per heavy atom. The lowest BCUT2D eigenvalue weighted by Crippen LogP contribution is -2.37. The van der Waals surface area contributed by atoms with Crippen LogP contribution in [0.2, 0.25) is 0 Å². The van der Waals surface area contributed by atoms with Crippen molar-refractivity contribution in [2.75, 3.05) is 6.54 Å². The van der Waals surface area contributed by atoms with E-state index in [4.69, 9.17) is 5.11 Å². The molecule has 0 aromatic heterocycles. The van der Waals surface area contributed by atoms with E-state index in [0.29, 0.717) is 12.5 Å². The molecule has 6 nitrogen and oxygen atoms in total. The molecule has 108 valence electrons. The van der Waals surface area contributed by atoms with E-state index in [1.54, 1.807) is 0 Å². The van der Waals surface area contributed by atoms with Crippen molar-refractivity contribution in [2.24, 2.45) is 5.92 Å². The molecule has 1 saturated heterocycles. The summed E-state index contributed by atoms with van der Waals surface area (Å²) in [4.78, 5) is 10.9. The van der Waals surface area contributed by atoms with E-state index in [9.17, 15) is 18.3 Å². The Bertz CT molecular complexity index is 669. The lowest BCUT2D eigenvalue weighted by atomic mass is 10.1. The monoisotopic (exact) mass is 297 g/mol. The Kier molecular flexibility index (Phi) is 2.98. The summed E-state index contributed by atoms with van der Waals surface area (Å²) in [6.45, 7) is 0.510. The van der Waals surface area contributed by atoms with Gasteiger partial charge in [0.2, 0.25) is 10.0 Å². The summed E-state index contributed by atoms with van der Waals surface area (Å²) in [5.74, 6) is -1.35. The minimum atomic E-state index is -3.68. The van der Waals surface area contributed by atoms with Crippen LogP contribution in [0.4, 0.5) is 0 Å². The van der Waals surface area contributed by atoms with Crippen LogP contribution >= 0.6 is 0 Å². The molecule has 2 unspecified atom stereocenters. The summed E-state index contributed by atoms with van der Waals surface area (Å²) >= 11 is 0. The van der Waals surface area contributed by atoms with Gasteiger partial charge >= 0.3 is 5.97 Å². The molecule has 1 aliphatic heterocycles. The Hall–Kier alpha value is -1.60. The Morgan fingerprint density at radius 1 is 1.30 bits per heavy atom. The Labute approximate surface area is 116 Å². The summed E-state index contributed by atoms with van der Waals surface area (Å²) in [6, 6.07) is 3.43. The molecule has 0 amide bonds. The predicted octanol–water partition coefficient (Wildman–Crippen LogP) is 1.26. The fourth-order valence-electron chi connectivity index (χ4n) is 3.16. The molecule has 2 N–H and O–H groups in total. The van der Waals surface area contributed by atoms with E-state index >= 15 is 0 Å². The number of piperidine rings is 1. The molecule has 1 aromatic carbocycles. The molecule has 0 spiro atoms. The van der Waals surface area contributed by atoms with Crippen molar-refractivity contribution in [1.29, 1.82) is 0 Å². The van der Waals surface area contributed by atoms with E-state index in [-0.39, 0.29) is 10.9 Å². The number of sulfonamides is 1. The number of phenols is 1. The molecule has 20 heavy (non-hydrogen) atoms. The highest BCUT2D eigenvalue weighted by Gasteiger charge is 2.44. The van der Waals surface area contributed by atoms with Gasteiger partial charge in [-0.3, -0.25) is 0 Å². The van der Waals surface area contributed by atoms with Gasteiger partial charge < -0.3 is 10.2 Å². The van der Waals surface area contributed by atoms with E-state index in [2.05, 4.69) is 0 Å². The second kappa shape index (κ2) is 4.46. The van der Waals surface area contributed by atoms with E-state index in [1.165, 1.54) is 10.4 Å². The largest absolute Gasteiger partial charge is 0.507 e. The number of aromatic carboxylic acids is 1. The molecule has 2 atom stereocenters. The predicted molar refractivity (Wildman–Crippen MR) is 70.1 cm³/mol. The van der Waals surface area contributed by atoms with Crippen LogP contribution in [0.5, 0.6) is 5.75 Å². The van der Waals surface area contributed by atoms with E-state index < -0.39 is 27.3 Å². The molecule has 2 fully saturated rings. The maximum atomic E-state index is 12.6. The zero-order valence-electron chi connectivity index (χ0n) is 10.7. The number of carboxylic acids is 1. The first kappa shape index (κ1) is 13.4. The normalized spacial score (nSPS) is 26.0. The van der Waals surface area contributed by atoms with Crippen molar-refractivity contribution >= 4 is 16.0 Å². The van der Waals surface area contributed by atoms with Crippen LogP contribution in [-0.4, -0.2) is 41.5 Å². The lowest BCUT2D eigenvalue weighted by Gasteiger charge is -2.26. The average Bonchev–Trinajstić information content (AvgIpc) is 3.01. The number of benzene rings is 1. The Morgan fingerprint density at radius 2 is 2.05 bits per heavy atom. The molecule has 7 heteroatoms. The first-order chi connectivity index (χ1) is 9.39. The molecule has 2 bridgehead atoms. The zero-order valence-corrected chi connectivity index (χ0v) is 11.5. The highest BCUT2D eigenvalue weighted by molar-refractivity contribution is 7.89. The molecular formula is C13H15NO5S. The van der Waals surface area contributed by atoms with E-state index in [0.717, 1.165) is 31.4 Å². The molecule has 2 aliphatic rings. The summed E-state index contributed by atoms with van der Waals surface area (Å²) in [5.41, 5.74) is -0.393. The molecule has 0 radical (unpaired) electrons. The van der Waals surface area contributed by atoms with Crippen LogP contribution in [0.1, 0.15) is 29.6 Å². The van der Waals surface area contributed by atoms with Crippen LogP contribution in [0, 0.1) is 5.92 Å². The summed E-state index contributed by atoms with van der Waals surface area (Å²) in [7, 11) is -3.68. The van der Waals surface area contributed by atoms with Gasteiger partial charge in [0.1, 0.15) is 11.3 Å². The fourth-order valence-corrected chi connectivity index (χ4v) is 4.92. The first-order valence-electron chi connectivity index (χ1n) is 6.48. The second-order valence-electron chi connectivity index (χ2n) is 5.39. The quantitative estimate of drug-likeness (QED) is 0.876. The van der Waals surface area contributed by atoms with Gasteiger partial charge in [0.05, 0.1) is 4.90 Å². The van der Waals surface area contributed by atoms with Crippen LogP contribution in [0.15, 0.2) is 23.1 Å². The molecule has 1 aliphatic carbocycles. The zero-order chi connectivity index (χ0) is 14.5. The SMILES string of the molecule is O=C(O)c1cc(S(=O)(=O)N2CC3CCC2C3)ccc1O. The van der Waals surface area contributed by atoms with Crippen molar-refractivity contribution in [3.8, 4) is 5.75 Å². The lowest BCUT2D eigenvalue weighted by molar-refractivity contribution is 0.0693. The van der Waals surface area contributed by atoms with Crippen LogP contribution < -0.4 is 0 Å². The third-order valence-electron chi connectivity index (χ3n) is 4.16. The molecule has 1 saturated carbocycles. The number of rotatable bonds is 3. The topological polar surface area (TPSA) is 94.9 Å². The number of carbonyl (C=O) groups is 1. The van der Waals surface area contributed by atoms with Crippen LogP contribution in [-0.2, 0) is 10.0 Å². The summed E-state index contributed by atoms with van der Waals surface area (Å²) in [5, 5.41) is 18.4. The van der Waals surface area contributed by atoms with Crippen molar-refractivity contribution < 1.29 is 23.4 Å². The van der Waals surface area contributed by atoms with Gasteiger partial charge in [-0.05, 0) is 43.4 Å². The highest BCUT2D eigenvalue weighted by Crippen LogP contribution is 2.40. The number of hydrogen-bond donors (Lipinski definition) is 2. The maximum Gasteiger partial charge on any atom is 0.339 e. The smallest absolute Gasteiger partial charge is 0.339 e. The fraction of sp³-hybridized carbons (Fsp3) is 0.462. The first-order valence-corrected chi connectivity index (χ1v) is 7.92. The van der Waals surface area contributed by atoms with Gasteiger partial charge in [-0.2, -0.15) is 4.31 Å². The van der Waals surface area contributed by atoms with Gasteiger partial charge in [-0.1, -0.05) is 0 Å². The molecule has 3 rings (SSSR count). The third kappa shape index (κ3) is 1.97. The number of hydrogen-bond acceptors (Lipinski definition) is 4. The minimum Gasteiger partial charge on any atom is -0.507 e. The van der Waals surface area contributed by atoms with Crippen LogP contribution in [0.25, 0.3) is 0 Å².